The topological polar surface area (TPSA) is 47.0 Å². The molecule has 18 heavy (non-hydrogen) atoms. The monoisotopic (exact) mass is 251 g/mol. The second-order valence-electron chi connectivity index (χ2n) is 4.53. The van der Waals surface area contributed by atoms with Gasteiger partial charge in [-0.25, -0.2) is 9.97 Å². The third-order valence-corrected chi connectivity index (χ3v) is 2.97. The quantitative estimate of drug-likeness (QED) is 0.722. The first-order valence-electron chi connectivity index (χ1n) is 6.78. The molecule has 0 saturated heterocycles. The van der Waals surface area contributed by atoms with Crippen molar-refractivity contribution in [1.82, 2.24) is 15.3 Å². The first-order valence-corrected chi connectivity index (χ1v) is 6.78. The van der Waals surface area contributed by atoms with Gasteiger partial charge in [0.15, 0.2) is 5.82 Å². The third-order valence-electron chi connectivity index (χ3n) is 2.97. The van der Waals surface area contributed by atoms with Gasteiger partial charge in [-0.05, 0) is 26.3 Å². The van der Waals surface area contributed by atoms with Crippen LogP contribution in [0.15, 0.2) is 6.20 Å². The van der Waals surface area contributed by atoms with Crippen molar-refractivity contribution in [2.24, 2.45) is 0 Å². The van der Waals surface area contributed by atoms with E-state index in [-0.39, 0.29) is 6.10 Å². The number of ether oxygens (including phenoxy) is 1. The zero-order chi connectivity index (χ0) is 13.4. The largest absolute Gasteiger partial charge is 0.373 e. The van der Waals surface area contributed by atoms with E-state index in [1.54, 1.807) is 7.11 Å². The number of aryl methyl sites for hydroxylation is 1. The van der Waals surface area contributed by atoms with Crippen molar-refractivity contribution in [3.63, 3.8) is 0 Å². The molecule has 1 aromatic rings. The molecule has 0 fully saturated rings. The van der Waals surface area contributed by atoms with Crippen molar-refractivity contribution in [2.75, 3.05) is 13.7 Å². The smallest absolute Gasteiger partial charge is 0.157 e. The molecule has 0 spiro atoms. The summed E-state index contributed by atoms with van der Waals surface area (Å²) in [7, 11) is 1.72. The van der Waals surface area contributed by atoms with Crippen molar-refractivity contribution in [3.05, 3.63) is 23.3 Å². The van der Waals surface area contributed by atoms with Gasteiger partial charge in [0.05, 0.1) is 0 Å². The molecule has 0 aliphatic carbocycles. The number of aromatic nitrogens is 2. The van der Waals surface area contributed by atoms with E-state index in [0.29, 0.717) is 0 Å². The van der Waals surface area contributed by atoms with Gasteiger partial charge < -0.3 is 10.1 Å². The summed E-state index contributed by atoms with van der Waals surface area (Å²) >= 11 is 0. The molecule has 1 rings (SSSR count). The normalized spacial score (nSPS) is 12.7. The Labute approximate surface area is 110 Å². The summed E-state index contributed by atoms with van der Waals surface area (Å²) in [5.41, 5.74) is 2.21. The highest BCUT2D eigenvalue weighted by atomic mass is 16.5. The number of rotatable bonds is 8. The summed E-state index contributed by atoms with van der Waals surface area (Å²) in [5, 5.41) is 3.37. The Morgan fingerprint density at radius 2 is 2.11 bits per heavy atom. The number of nitrogens with zero attached hydrogens (tertiary/aromatic N) is 2. The van der Waals surface area contributed by atoms with Gasteiger partial charge in [-0.2, -0.15) is 0 Å². The highest BCUT2D eigenvalue weighted by Crippen LogP contribution is 2.19. The minimum Gasteiger partial charge on any atom is -0.373 e. The summed E-state index contributed by atoms with van der Waals surface area (Å²) < 4.78 is 5.43. The molecule has 1 atom stereocenters. The van der Waals surface area contributed by atoms with Crippen LogP contribution in [-0.4, -0.2) is 23.6 Å². The molecule has 0 radical (unpaired) electrons. The maximum Gasteiger partial charge on any atom is 0.157 e. The lowest BCUT2D eigenvalue weighted by atomic mass is 10.1. The fourth-order valence-electron chi connectivity index (χ4n) is 1.85. The summed E-state index contributed by atoms with van der Waals surface area (Å²) in [5.74, 6) is 0.802. The Bertz CT molecular complexity index is 355. The maximum absolute atomic E-state index is 5.43. The second-order valence-corrected chi connectivity index (χ2v) is 4.53. The summed E-state index contributed by atoms with van der Waals surface area (Å²) in [6, 6.07) is 0. The number of methoxy groups -OCH3 is 1. The maximum atomic E-state index is 5.43. The van der Waals surface area contributed by atoms with Gasteiger partial charge in [0.1, 0.15) is 6.10 Å². The van der Waals surface area contributed by atoms with Crippen molar-refractivity contribution in [3.8, 4) is 0 Å². The second kappa shape index (κ2) is 8.16. The number of nitrogens with one attached hydrogen (secondary N) is 1. The number of hydrogen-bond acceptors (Lipinski definition) is 4. The Morgan fingerprint density at radius 1 is 1.33 bits per heavy atom. The van der Waals surface area contributed by atoms with Crippen LogP contribution in [0.3, 0.4) is 0 Å². The van der Waals surface area contributed by atoms with Crippen LogP contribution in [0.1, 0.15) is 56.3 Å². The van der Waals surface area contributed by atoms with E-state index < -0.39 is 0 Å². The van der Waals surface area contributed by atoms with Gasteiger partial charge in [0.2, 0.25) is 0 Å². The van der Waals surface area contributed by atoms with Crippen LogP contribution in [0.4, 0.5) is 0 Å². The molecule has 0 aromatic carbocycles. The molecule has 1 unspecified atom stereocenters. The lowest BCUT2D eigenvalue weighted by Gasteiger charge is -2.14. The lowest BCUT2D eigenvalue weighted by molar-refractivity contribution is 0.0874. The Hall–Kier alpha value is -1.00. The van der Waals surface area contributed by atoms with Gasteiger partial charge in [-0.15, -0.1) is 0 Å². The van der Waals surface area contributed by atoms with E-state index in [2.05, 4.69) is 29.1 Å². The van der Waals surface area contributed by atoms with Crippen LogP contribution < -0.4 is 5.32 Å². The van der Waals surface area contributed by atoms with Gasteiger partial charge in [-0.3, -0.25) is 0 Å². The fourth-order valence-corrected chi connectivity index (χ4v) is 1.85. The van der Waals surface area contributed by atoms with Crippen molar-refractivity contribution < 1.29 is 4.74 Å². The van der Waals surface area contributed by atoms with Crippen LogP contribution in [-0.2, 0) is 11.3 Å². The Kier molecular flexibility index (Phi) is 6.83. The summed E-state index contributed by atoms with van der Waals surface area (Å²) in [6.45, 7) is 8.20. The molecular formula is C14H25N3O. The van der Waals surface area contributed by atoms with Crippen molar-refractivity contribution in [1.29, 1.82) is 0 Å². The molecule has 0 bridgehead atoms. The molecule has 0 aliphatic heterocycles. The van der Waals surface area contributed by atoms with E-state index in [4.69, 9.17) is 4.74 Å². The van der Waals surface area contributed by atoms with Crippen LogP contribution in [0.25, 0.3) is 0 Å². The van der Waals surface area contributed by atoms with Gasteiger partial charge in [-0.1, -0.05) is 20.3 Å². The average molecular weight is 251 g/mol. The van der Waals surface area contributed by atoms with Crippen LogP contribution >= 0.6 is 0 Å². The van der Waals surface area contributed by atoms with Gasteiger partial charge >= 0.3 is 0 Å². The van der Waals surface area contributed by atoms with E-state index in [1.165, 1.54) is 5.56 Å². The van der Waals surface area contributed by atoms with E-state index in [1.807, 2.05) is 13.1 Å². The first kappa shape index (κ1) is 15.1. The van der Waals surface area contributed by atoms with E-state index in [9.17, 15) is 0 Å². The zero-order valence-electron chi connectivity index (χ0n) is 12.0. The van der Waals surface area contributed by atoms with E-state index >= 15 is 0 Å². The van der Waals surface area contributed by atoms with Gasteiger partial charge in [0, 0.05) is 31.1 Å². The fraction of sp³-hybridized carbons (Fsp3) is 0.714. The highest BCUT2D eigenvalue weighted by Gasteiger charge is 2.13. The Morgan fingerprint density at radius 3 is 2.67 bits per heavy atom. The molecule has 1 heterocycles. The minimum atomic E-state index is 0.0198. The molecule has 0 amide bonds. The van der Waals surface area contributed by atoms with Crippen LogP contribution in [0.2, 0.25) is 0 Å². The molecular weight excluding hydrogens is 226 g/mol. The molecule has 4 heteroatoms. The first-order chi connectivity index (χ1) is 8.72. The third kappa shape index (κ3) is 4.35. The molecule has 0 saturated carbocycles. The summed E-state index contributed by atoms with van der Waals surface area (Å²) in [4.78, 5) is 9.00. The molecule has 1 aromatic heterocycles. The average Bonchev–Trinajstić information content (AvgIpc) is 2.38. The predicted octanol–water partition coefficient (Wildman–Crippen LogP) is 2.77. The van der Waals surface area contributed by atoms with Crippen LogP contribution in [0, 0.1) is 6.92 Å². The molecule has 0 aliphatic rings. The molecule has 4 nitrogen and oxygen atoms in total. The molecule has 102 valence electrons. The lowest BCUT2D eigenvalue weighted by Crippen LogP contribution is -2.16. The van der Waals surface area contributed by atoms with Crippen molar-refractivity contribution in [2.45, 2.75) is 52.7 Å². The number of hydrogen-bond donors (Lipinski definition) is 1. The molecule has 1 N–H and O–H groups in total. The van der Waals surface area contributed by atoms with Gasteiger partial charge in [0.25, 0.3) is 0 Å². The van der Waals surface area contributed by atoms with Crippen molar-refractivity contribution >= 4 is 0 Å². The Balaban J connectivity index is 2.71. The van der Waals surface area contributed by atoms with Crippen LogP contribution in [0.5, 0.6) is 0 Å². The SMILES string of the molecule is CCCNCc1cnc(C(CCC)OC)nc1C. The standard InChI is InChI=1S/C14H25N3O/c1-5-7-13(18-4)14-16-10-12(11(3)17-14)9-15-8-6-2/h10,13,15H,5-9H2,1-4H3. The minimum absolute atomic E-state index is 0.0198. The summed E-state index contributed by atoms with van der Waals surface area (Å²) in [6.07, 6.45) is 5.11. The van der Waals surface area contributed by atoms with E-state index in [0.717, 1.165) is 43.9 Å². The predicted molar refractivity (Wildman–Crippen MR) is 73.4 cm³/mol. The highest BCUT2D eigenvalue weighted by molar-refractivity contribution is 5.16. The zero-order valence-corrected chi connectivity index (χ0v) is 12.0.